The number of nitrogens with two attached hydrogens (primary N) is 5. The van der Waals surface area contributed by atoms with Crippen molar-refractivity contribution in [3.05, 3.63) is 29.8 Å². The van der Waals surface area contributed by atoms with Gasteiger partial charge in [-0.15, -0.1) is 0 Å². The molecular formula is C72H123N25O20. The van der Waals surface area contributed by atoms with Gasteiger partial charge in [0, 0.05) is 19.9 Å². The van der Waals surface area contributed by atoms with Crippen LogP contribution >= 0.6 is 0 Å². The van der Waals surface area contributed by atoms with Gasteiger partial charge in [0.1, 0.15) is 102 Å². The molecule has 45 heteroatoms. The Hall–Kier alpha value is -11.9. The summed E-state index contributed by atoms with van der Waals surface area (Å²) in [7, 11) is 0. The predicted octanol–water partition coefficient (Wildman–Crippen LogP) is -10.0. The summed E-state index contributed by atoms with van der Waals surface area (Å²) in [6.45, 7) is 16.6. The highest BCUT2D eigenvalue weighted by Gasteiger charge is 2.34. The quantitative estimate of drug-likeness (QED) is 0.0164. The van der Waals surface area contributed by atoms with E-state index in [4.69, 9.17) is 28.7 Å². The number of amides is 19. The minimum Gasteiger partial charge on any atom is -0.508 e. The Bertz CT molecular complexity index is 3600. The molecule has 1 aromatic rings. The molecule has 16 atom stereocenters. The van der Waals surface area contributed by atoms with Crippen LogP contribution in [0.1, 0.15) is 153 Å². The first-order valence-electron chi connectivity index (χ1n) is 38.4. The van der Waals surface area contributed by atoms with Gasteiger partial charge >= 0.3 is 0 Å². The van der Waals surface area contributed by atoms with Gasteiger partial charge in [0.2, 0.25) is 112 Å². The second-order valence-corrected chi connectivity index (χ2v) is 28.1. The maximum absolute atomic E-state index is 13.7. The van der Waals surface area contributed by atoms with Crippen molar-refractivity contribution < 1.29 is 96.2 Å². The fourth-order valence-electron chi connectivity index (χ4n) is 10.3. The molecule has 117 heavy (non-hydrogen) atoms. The van der Waals surface area contributed by atoms with E-state index in [1.807, 2.05) is 0 Å². The third-order valence-corrected chi connectivity index (χ3v) is 17.4. The monoisotopic (exact) mass is 1660 g/mol. The summed E-state index contributed by atoms with van der Waals surface area (Å²) in [5, 5.41) is 56.2. The second-order valence-electron chi connectivity index (χ2n) is 28.1. The number of hydrogen-bond acceptors (Lipinski definition) is 24. The lowest BCUT2D eigenvalue weighted by Crippen LogP contribution is -2.59. The van der Waals surface area contributed by atoms with E-state index in [1.165, 1.54) is 102 Å². The molecule has 0 fully saturated rings. The molecule has 0 bridgehead atoms. The van der Waals surface area contributed by atoms with Crippen LogP contribution in [0, 0.1) is 0 Å². The van der Waals surface area contributed by atoms with Gasteiger partial charge in [0.15, 0.2) is 5.96 Å². The third-order valence-electron chi connectivity index (χ3n) is 17.4. The summed E-state index contributed by atoms with van der Waals surface area (Å²) >= 11 is 0. The molecule has 0 aliphatic heterocycles. The van der Waals surface area contributed by atoms with Crippen LogP contribution in [0.2, 0.25) is 0 Å². The van der Waals surface area contributed by atoms with Gasteiger partial charge in [-0.1, -0.05) is 12.1 Å². The van der Waals surface area contributed by atoms with Gasteiger partial charge in [-0.25, -0.2) is 0 Å². The summed E-state index contributed by atoms with van der Waals surface area (Å²) in [4.78, 5) is 253. The smallest absolute Gasteiger partial charge is 0.243 e. The van der Waals surface area contributed by atoms with Crippen molar-refractivity contribution in [2.75, 3.05) is 45.8 Å². The zero-order chi connectivity index (χ0) is 88.9. The number of carbonyl (C=O) groups is 19. The standard InChI is InChI=1S/C72H123N25O20/c1-35(56(102)78-30-31-79-72(76)77)82-57(103)36(2)83-58(104)37(3)87-64(110)43(9)92-70(116)51(21-15-18-28-74)96-67(113)46(12)90-62(108)41(7)85-60(106)39(5)88-65(111)44(10)93-71(117)52(22-16-19-29-75)97-66(112)45(11)89-61(107)40(6)84-59(105)38(4)86-63(109)42(8)91-69(115)50(20-14-17-27-73)95-55(101)34-80-54(100)33-81-68(114)53(94-47(13)98)32-48-23-25-49(99)26-24-48/h23-26,35-46,50-53,99H,14-22,27-34,73-75H2,1-13H3,(H,78,102)(H,80,100)(H,81,114)(H,82,103)(H,83,104)(H,84,105)(H,85,106)(H,86,109)(H,87,110)(H,88,111)(H,89,107)(H,90,108)(H,91,115)(H,92,116)(H,93,117)(H,94,98)(H,95,101)(H,96,113)(H,97,112)(H4,76,77,79)/t35-,36-,37-,38-,39-,40-,41-,42-,43-,44-,45-,46-,50-,51-,52-,53-/m0/s1. The molecule has 1 aromatic carbocycles. The number of carbonyl (C=O) groups excluding carboxylic acids is 19. The molecule has 19 amide bonds. The fraction of sp³-hybridized carbons (Fsp3) is 0.639. The molecule has 0 aliphatic rings. The normalized spacial score (nSPS) is 14.9. The van der Waals surface area contributed by atoms with Crippen molar-refractivity contribution in [3.8, 4) is 5.75 Å². The van der Waals surface area contributed by atoms with E-state index >= 15 is 0 Å². The van der Waals surface area contributed by atoms with E-state index in [9.17, 15) is 96.2 Å². The number of guanidine groups is 1. The van der Waals surface area contributed by atoms with Crippen molar-refractivity contribution in [2.45, 2.75) is 251 Å². The van der Waals surface area contributed by atoms with E-state index in [2.05, 4.69) is 106 Å². The lowest BCUT2D eigenvalue weighted by Gasteiger charge is -2.25. The number of rotatable bonds is 53. The first kappa shape index (κ1) is 103. The lowest BCUT2D eigenvalue weighted by atomic mass is 10.0. The topological polar surface area (TPSA) is 716 Å². The second kappa shape index (κ2) is 54.0. The van der Waals surface area contributed by atoms with Crippen LogP contribution in [0.15, 0.2) is 29.3 Å². The van der Waals surface area contributed by atoms with E-state index in [1.54, 1.807) is 12.1 Å². The molecule has 0 radical (unpaired) electrons. The van der Waals surface area contributed by atoms with Gasteiger partial charge in [0.05, 0.1) is 19.6 Å². The highest BCUT2D eigenvalue weighted by atomic mass is 16.3. The maximum Gasteiger partial charge on any atom is 0.243 e. The highest BCUT2D eigenvalue weighted by molar-refractivity contribution is 6.01. The van der Waals surface area contributed by atoms with E-state index < -0.39 is 222 Å². The van der Waals surface area contributed by atoms with Crippen LogP contribution in [0.5, 0.6) is 5.75 Å². The van der Waals surface area contributed by atoms with Crippen LogP contribution < -0.4 is 130 Å². The molecule has 0 aliphatic carbocycles. The molecule has 0 spiro atoms. The van der Waals surface area contributed by atoms with Crippen LogP contribution in [-0.4, -0.2) is 266 Å². The van der Waals surface area contributed by atoms with Crippen molar-refractivity contribution in [2.24, 2.45) is 33.7 Å². The van der Waals surface area contributed by atoms with Gasteiger partial charge in [-0.2, -0.15) is 0 Å². The molecule has 0 saturated heterocycles. The first-order chi connectivity index (χ1) is 54.8. The number of nitrogens with zero attached hydrogens (tertiary/aromatic N) is 1. The Balaban J connectivity index is 2.84. The van der Waals surface area contributed by atoms with Gasteiger partial charge in [0.25, 0.3) is 0 Å². The molecule has 1 rings (SSSR count). The molecule has 45 nitrogen and oxygen atoms in total. The van der Waals surface area contributed by atoms with E-state index in [0.29, 0.717) is 44.1 Å². The summed E-state index contributed by atoms with van der Waals surface area (Å²) in [6, 6.07) is -14.2. The SMILES string of the molecule is CC(=O)N[C@@H](Cc1ccc(O)cc1)C(=O)NCC(=O)NCC(=O)N[C@@H](CCCCN)C(=O)N[C@@H](C)C(=O)N[C@@H](C)C(=O)N[C@@H](C)C(=O)N[C@@H](C)C(=O)N[C@@H](CCCCN)C(=O)N[C@@H](C)C(=O)N[C@@H](C)C(=O)N[C@@H](C)C(=O)N[C@@H](C)C(=O)N[C@@H](CCCCN)C(=O)N[C@@H](C)C(=O)N[C@@H](C)C(=O)N[C@@H](C)C(=O)N[C@@H](C)C(=O)NCCN=C(N)N. The van der Waals surface area contributed by atoms with Crippen molar-refractivity contribution >= 4 is 118 Å². The number of benzene rings is 1. The Kier molecular flexibility index (Phi) is 47.6. The van der Waals surface area contributed by atoms with Gasteiger partial charge in [-0.05, 0) is 178 Å². The molecular weight excluding hydrogens is 1530 g/mol. The Morgan fingerprint density at radius 1 is 0.308 bits per heavy atom. The number of phenols is 1. The first-order valence-corrected chi connectivity index (χ1v) is 38.4. The van der Waals surface area contributed by atoms with Crippen molar-refractivity contribution in [1.82, 2.24) is 101 Å². The molecule has 0 heterocycles. The number of aromatic hydroxyl groups is 1. The van der Waals surface area contributed by atoms with Gasteiger partial charge in [-0.3, -0.25) is 96.1 Å². The Morgan fingerprint density at radius 3 is 0.855 bits per heavy atom. The summed E-state index contributed by atoms with van der Waals surface area (Å²) in [5.41, 5.74) is 28.1. The average Bonchev–Trinajstić information content (AvgIpc) is 0.899. The molecule has 0 unspecified atom stereocenters. The molecule has 0 aromatic heterocycles. The summed E-state index contributed by atoms with van der Waals surface area (Å²) in [6.07, 6.45) is 2.47. The third kappa shape index (κ3) is 41.3. The Labute approximate surface area is 678 Å². The minimum absolute atomic E-state index is 0.00685. The summed E-state index contributed by atoms with van der Waals surface area (Å²) < 4.78 is 0. The number of nitrogens with one attached hydrogen (secondary N) is 19. The van der Waals surface area contributed by atoms with Crippen molar-refractivity contribution in [1.29, 1.82) is 0 Å². The number of aliphatic imine (C=N–C) groups is 1. The Morgan fingerprint density at radius 2 is 0.573 bits per heavy atom. The number of hydrogen-bond donors (Lipinski definition) is 25. The zero-order valence-electron chi connectivity index (χ0n) is 68.6. The maximum atomic E-state index is 13.7. The van der Waals surface area contributed by atoms with Crippen LogP contribution in [0.4, 0.5) is 0 Å². The van der Waals surface area contributed by atoms with Crippen LogP contribution in [0.25, 0.3) is 0 Å². The number of unbranched alkanes of at least 4 members (excludes halogenated alkanes) is 3. The molecule has 0 saturated carbocycles. The molecule has 656 valence electrons. The van der Waals surface area contributed by atoms with Crippen LogP contribution in [0.3, 0.4) is 0 Å². The summed E-state index contributed by atoms with van der Waals surface area (Å²) in [5.74, 6) is -15.2. The zero-order valence-corrected chi connectivity index (χ0v) is 68.6. The molecule has 30 N–H and O–H groups in total. The van der Waals surface area contributed by atoms with Crippen LogP contribution in [-0.2, 0) is 97.5 Å². The van der Waals surface area contributed by atoms with E-state index in [-0.39, 0.29) is 70.1 Å². The lowest BCUT2D eigenvalue weighted by molar-refractivity contribution is -0.135. The fourth-order valence-corrected chi connectivity index (χ4v) is 10.3. The minimum atomic E-state index is -1.34. The largest absolute Gasteiger partial charge is 0.508 e. The number of phenolic OH excluding ortho intramolecular Hbond substituents is 1. The predicted molar refractivity (Wildman–Crippen MR) is 425 cm³/mol. The average molecular weight is 1660 g/mol. The van der Waals surface area contributed by atoms with Crippen molar-refractivity contribution in [3.63, 3.8) is 0 Å². The van der Waals surface area contributed by atoms with E-state index in [0.717, 1.165) is 0 Å². The van der Waals surface area contributed by atoms with Gasteiger partial charge < -0.3 is 135 Å². The highest BCUT2D eigenvalue weighted by Crippen LogP contribution is 2.13.